The van der Waals surface area contributed by atoms with Crippen molar-refractivity contribution in [3.63, 3.8) is 0 Å². The number of hydrogen-bond donors (Lipinski definition) is 1. The number of para-hydroxylation sites is 1. The van der Waals surface area contributed by atoms with Gasteiger partial charge in [0.2, 0.25) is 10.0 Å². The minimum Gasteiger partial charge on any atom is -0.495 e. The van der Waals surface area contributed by atoms with Crippen molar-refractivity contribution >= 4 is 10.0 Å². The normalized spacial score (nSPS) is 14.7. The highest BCUT2D eigenvalue weighted by Gasteiger charge is 2.34. The average Bonchev–Trinajstić information content (AvgIpc) is 3.19. The molecule has 5 heteroatoms. The number of rotatable bonds is 4. The van der Waals surface area contributed by atoms with Gasteiger partial charge < -0.3 is 4.74 Å². The second kappa shape index (κ2) is 5.42. The van der Waals surface area contributed by atoms with Gasteiger partial charge in [-0.1, -0.05) is 24.0 Å². The highest BCUT2D eigenvalue weighted by Crippen LogP contribution is 2.27. The molecule has 0 unspecified atom stereocenters. The van der Waals surface area contributed by atoms with Gasteiger partial charge in [0, 0.05) is 0 Å². The van der Waals surface area contributed by atoms with Gasteiger partial charge in [-0.2, -0.15) is 0 Å². The van der Waals surface area contributed by atoms with Gasteiger partial charge in [-0.15, -0.1) is 0 Å². The van der Waals surface area contributed by atoms with Crippen LogP contribution in [-0.4, -0.2) is 27.3 Å². The molecule has 1 aliphatic rings. The first kappa shape index (κ1) is 12.9. The van der Waals surface area contributed by atoms with Crippen LogP contribution in [0.3, 0.4) is 0 Å². The molecule has 4 nitrogen and oxygen atoms in total. The van der Waals surface area contributed by atoms with Gasteiger partial charge in [-0.3, -0.25) is 0 Å². The molecule has 1 aromatic carbocycles. The van der Waals surface area contributed by atoms with E-state index >= 15 is 0 Å². The highest BCUT2D eigenvalue weighted by molar-refractivity contribution is 7.90. The summed E-state index contributed by atoms with van der Waals surface area (Å²) >= 11 is 0. The first-order valence-corrected chi connectivity index (χ1v) is 7.28. The van der Waals surface area contributed by atoms with Gasteiger partial charge in [0.05, 0.1) is 24.5 Å². The summed E-state index contributed by atoms with van der Waals surface area (Å²) in [6, 6.07) is 7.38. The van der Waals surface area contributed by atoms with E-state index in [0.29, 0.717) is 5.75 Å². The molecule has 1 saturated carbocycles. The SMILES string of the molecule is COc1ccccc1C#CCNS(=O)(=O)C1CC1. The number of methoxy groups -OCH3 is 1. The van der Waals surface area contributed by atoms with Crippen molar-refractivity contribution in [3.05, 3.63) is 29.8 Å². The van der Waals surface area contributed by atoms with Crippen molar-refractivity contribution in [2.24, 2.45) is 0 Å². The third kappa shape index (κ3) is 3.25. The smallest absolute Gasteiger partial charge is 0.215 e. The lowest BCUT2D eigenvalue weighted by atomic mass is 10.2. The van der Waals surface area contributed by atoms with E-state index in [2.05, 4.69) is 16.6 Å². The van der Waals surface area contributed by atoms with Crippen molar-refractivity contribution in [2.75, 3.05) is 13.7 Å². The molecule has 0 radical (unpaired) electrons. The largest absolute Gasteiger partial charge is 0.495 e. The first-order valence-electron chi connectivity index (χ1n) is 5.74. The quantitative estimate of drug-likeness (QED) is 0.830. The number of benzene rings is 1. The average molecular weight is 265 g/mol. The van der Waals surface area contributed by atoms with E-state index in [4.69, 9.17) is 4.74 Å². The maximum absolute atomic E-state index is 11.5. The van der Waals surface area contributed by atoms with Crippen LogP contribution in [0.5, 0.6) is 5.75 Å². The maximum atomic E-state index is 11.5. The van der Waals surface area contributed by atoms with E-state index in [0.717, 1.165) is 18.4 Å². The summed E-state index contributed by atoms with van der Waals surface area (Å²) in [5, 5.41) is -0.203. The summed E-state index contributed by atoms with van der Waals surface area (Å²) in [5.74, 6) is 6.38. The Morgan fingerprint density at radius 1 is 1.39 bits per heavy atom. The van der Waals surface area contributed by atoms with Gasteiger partial charge >= 0.3 is 0 Å². The molecule has 96 valence electrons. The molecule has 0 aromatic heterocycles. The zero-order chi connectivity index (χ0) is 13.0. The van der Waals surface area contributed by atoms with E-state index in [9.17, 15) is 8.42 Å². The zero-order valence-electron chi connectivity index (χ0n) is 10.1. The summed E-state index contributed by atoms with van der Waals surface area (Å²) in [6.45, 7) is 0.136. The topological polar surface area (TPSA) is 55.4 Å². The predicted molar refractivity (Wildman–Crippen MR) is 69.8 cm³/mol. The van der Waals surface area contributed by atoms with Crippen LogP contribution in [-0.2, 0) is 10.0 Å². The molecule has 18 heavy (non-hydrogen) atoms. The summed E-state index contributed by atoms with van der Waals surface area (Å²) < 4.78 is 30.7. The standard InChI is InChI=1S/C13H15NO3S/c1-17-13-7-3-2-5-11(13)6-4-10-14-18(15,16)12-8-9-12/h2-3,5,7,12,14H,8-10H2,1H3. The van der Waals surface area contributed by atoms with E-state index in [1.165, 1.54) is 0 Å². The Morgan fingerprint density at radius 3 is 2.78 bits per heavy atom. The third-order valence-electron chi connectivity index (χ3n) is 2.65. The Balaban J connectivity index is 1.96. The van der Waals surface area contributed by atoms with Gasteiger partial charge in [0.1, 0.15) is 5.75 Å². The zero-order valence-corrected chi connectivity index (χ0v) is 11.0. The second-order valence-corrected chi connectivity index (χ2v) is 6.11. The fourth-order valence-electron chi connectivity index (χ4n) is 1.52. The first-order chi connectivity index (χ1) is 8.63. The van der Waals surface area contributed by atoms with Crippen molar-refractivity contribution in [2.45, 2.75) is 18.1 Å². The molecule has 1 fully saturated rings. The van der Waals surface area contributed by atoms with Crippen LogP contribution in [0.1, 0.15) is 18.4 Å². The van der Waals surface area contributed by atoms with Crippen LogP contribution in [0.15, 0.2) is 24.3 Å². The molecular formula is C13H15NO3S. The van der Waals surface area contributed by atoms with Crippen LogP contribution >= 0.6 is 0 Å². The van der Waals surface area contributed by atoms with Gasteiger partial charge in [-0.05, 0) is 25.0 Å². The monoisotopic (exact) mass is 265 g/mol. The molecule has 1 aromatic rings. The molecule has 0 heterocycles. The van der Waals surface area contributed by atoms with Gasteiger partial charge in [-0.25, -0.2) is 13.1 Å². The number of ether oxygens (including phenoxy) is 1. The van der Waals surface area contributed by atoms with Gasteiger partial charge in [0.15, 0.2) is 0 Å². The Kier molecular flexibility index (Phi) is 3.90. The maximum Gasteiger partial charge on any atom is 0.215 e. The molecule has 2 rings (SSSR count). The number of nitrogens with one attached hydrogen (secondary N) is 1. The minimum absolute atomic E-state index is 0.136. The van der Waals surface area contributed by atoms with Crippen LogP contribution in [0, 0.1) is 11.8 Å². The Labute approximate surface area is 107 Å². The summed E-state index contributed by atoms with van der Waals surface area (Å²) in [5.41, 5.74) is 0.755. The summed E-state index contributed by atoms with van der Waals surface area (Å²) in [6.07, 6.45) is 1.52. The molecule has 1 aliphatic carbocycles. The van der Waals surface area contributed by atoms with Crippen molar-refractivity contribution < 1.29 is 13.2 Å². The second-order valence-electron chi connectivity index (χ2n) is 4.07. The molecule has 0 atom stereocenters. The van der Waals surface area contributed by atoms with Crippen LogP contribution < -0.4 is 9.46 Å². The van der Waals surface area contributed by atoms with Gasteiger partial charge in [0.25, 0.3) is 0 Å². The number of hydrogen-bond acceptors (Lipinski definition) is 3. The van der Waals surface area contributed by atoms with E-state index in [-0.39, 0.29) is 11.8 Å². The Hall–Kier alpha value is -1.51. The van der Waals surface area contributed by atoms with E-state index < -0.39 is 10.0 Å². The van der Waals surface area contributed by atoms with E-state index in [1.807, 2.05) is 24.3 Å². The van der Waals surface area contributed by atoms with Crippen molar-refractivity contribution in [1.82, 2.24) is 4.72 Å². The molecular weight excluding hydrogens is 250 g/mol. The molecule has 0 spiro atoms. The Morgan fingerprint density at radius 2 is 2.11 bits per heavy atom. The lowest BCUT2D eigenvalue weighted by molar-refractivity contribution is 0.413. The number of sulfonamides is 1. The third-order valence-corrected chi connectivity index (χ3v) is 4.55. The van der Waals surface area contributed by atoms with Crippen molar-refractivity contribution in [1.29, 1.82) is 0 Å². The fourth-order valence-corrected chi connectivity index (χ4v) is 2.79. The van der Waals surface area contributed by atoms with E-state index in [1.54, 1.807) is 7.11 Å². The van der Waals surface area contributed by atoms with Crippen molar-refractivity contribution in [3.8, 4) is 17.6 Å². The highest BCUT2D eigenvalue weighted by atomic mass is 32.2. The van der Waals surface area contributed by atoms with Crippen LogP contribution in [0.4, 0.5) is 0 Å². The molecule has 0 amide bonds. The summed E-state index contributed by atoms with van der Waals surface area (Å²) in [4.78, 5) is 0. The minimum atomic E-state index is -3.14. The molecule has 1 N–H and O–H groups in total. The molecule has 0 bridgehead atoms. The lowest BCUT2D eigenvalue weighted by Crippen LogP contribution is -2.27. The lowest BCUT2D eigenvalue weighted by Gasteiger charge is -2.01. The molecule has 0 saturated heterocycles. The van der Waals surface area contributed by atoms with Crippen LogP contribution in [0.2, 0.25) is 0 Å². The van der Waals surface area contributed by atoms with Crippen LogP contribution in [0.25, 0.3) is 0 Å². The fraction of sp³-hybridized carbons (Fsp3) is 0.385. The Bertz CT molecular complexity index is 580. The molecule has 0 aliphatic heterocycles. The summed E-state index contributed by atoms with van der Waals surface area (Å²) in [7, 11) is -1.56. The predicted octanol–water partition coefficient (Wildman–Crippen LogP) is 1.13.